The summed E-state index contributed by atoms with van der Waals surface area (Å²) in [6, 6.07) is 11.2. The topological polar surface area (TPSA) is 49.4 Å². The summed E-state index contributed by atoms with van der Waals surface area (Å²) in [4.78, 5) is 26.2. The Hall–Kier alpha value is -2.69. The van der Waals surface area contributed by atoms with Crippen LogP contribution in [-0.2, 0) is 4.79 Å². The SMILES string of the molecule is Cc1cc(C)cc(C(=O)N[C@@H]2CC(=O)N(c3ccc(F)cc3)C2)c1. The number of carbonyl (C=O) groups excluding carboxylic acids is 2. The summed E-state index contributed by atoms with van der Waals surface area (Å²) in [5.41, 5.74) is 3.29. The van der Waals surface area contributed by atoms with Crippen molar-refractivity contribution >= 4 is 17.5 Å². The van der Waals surface area contributed by atoms with E-state index < -0.39 is 0 Å². The summed E-state index contributed by atoms with van der Waals surface area (Å²) >= 11 is 0. The van der Waals surface area contributed by atoms with E-state index in [1.807, 2.05) is 32.0 Å². The Bertz CT molecular complexity index is 766. The zero-order chi connectivity index (χ0) is 17.3. The average molecular weight is 326 g/mol. The summed E-state index contributed by atoms with van der Waals surface area (Å²) in [5, 5.41) is 2.92. The lowest BCUT2D eigenvalue weighted by atomic mass is 10.1. The number of anilines is 1. The number of hydrogen-bond acceptors (Lipinski definition) is 2. The third-order valence-electron chi connectivity index (χ3n) is 4.08. The first kappa shape index (κ1) is 16.2. The third kappa shape index (κ3) is 3.45. The molecule has 5 heteroatoms. The van der Waals surface area contributed by atoms with Crippen LogP contribution >= 0.6 is 0 Å². The second-order valence-electron chi connectivity index (χ2n) is 6.23. The van der Waals surface area contributed by atoms with Crippen LogP contribution in [0.4, 0.5) is 10.1 Å². The molecule has 1 heterocycles. The molecule has 3 rings (SSSR count). The van der Waals surface area contributed by atoms with Gasteiger partial charge in [0.2, 0.25) is 5.91 Å². The Morgan fingerprint density at radius 3 is 2.38 bits per heavy atom. The standard InChI is InChI=1S/C19H19FN2O2/c1-12-7-13(2)9-14(8-12)19(24)21-16-10-18(23)22(11-16)17-5-3-15(20)4-6-17/h3-9,16H,10-11H2,1-2H3,(H,21,24)/t16-/m1/s1. The lowest BCUT2D eigenvalue weighted by Gasteiger charge is -2.17. The number of hydrogen-bond donors (Lipinski definition) is 1. The van der Waals surface area contributed by atoms with Crippen molar-refractivity contribution in [2.75, 3.05) is 11.4 Å². The first-order valence-electron chi connectivity index (χ1n) is 7.87. The van der Waals surface area contributed by atoms with Crippen LogP contribution in [0.15, 0.2) is 42.5 Å². The second-order valence-corrected chi connectivity index (χ2v) is 6.23. The predicted molar refractivity (Wildman–Crippen MR) is 90.5 cm³/mol. The van der Waals surface area contributed by atoms with Crippen LogP contribution in [0.3, 0.4) is 0 Å². The summed E-state index contributed by atoms with van der Waals surface area (Å²) in [5.74, 6) is -0.599. The van der Waals surface area contributed by atoms with Gasteiger partial charge < -0.3 is 10.2 Å². The minimum atomic E-state index is -0.343. The number of amides is 2. The maximum absolute atomic E-state index is 13.0. The number of rotatable bonds is 3. The fraction of sp³-hybridized carbons (Fsp3) is 0.263. The van der Waals surface area contributed by atoms with Gasteiger partial charge in [0.05, 0.1) is 6.04 Å². The van der Waals surface area contributed by atoms with Crippen molar-refractivity contribution in [2.24, 2.45) is 0 Å². The Labute approximate surface area is 140 Å². The van der Waals surface area contributed by atoms with Crippen LogP contribution in [0.25, 0.3) is 0 Å². The molecule has 1 fully saturated rings. The van der Waals surface area contributed by atoms with Crippen LogP contribution in [0.2, 0.25) is 0 Å². The van der Waals surface area contributed by atoms with E-state index in [-0.39, 0.29) is 30.1 Å². The van der Waals surface area contributed by atoms with Crippen molar-refractivity contribution < 1.29 is 14.0 Å². The zero-order valence-electron chi connectivity index (χ0n) is 13.7. The predicted octanol–water partition coefficient (Wildman–Crippen LogP) is 2.98. The molecular weight excluding hydrogens is 307 g/mol. The quantitative estimate of drug-likeness (QED) is 0.943. The summed E-state index contributed by atoms with van der Waals surface area (Å²) in [6.07, 6.45) is 0.244. The van der Waals surface area contributed by atoms with Gasteiger partial charge >= 0.3 is 0 Å². The van der Waals surface area contributed by atoms with Gasteiger partial charge in [-0.2, -0.15) is 0 Å². The van der Waals surface area contributed by atoms with Gasteiger partial charge in [-0.05, 0) is 50.2 Å². The molecule has 124 valence electrons. The van der Waals surface area contributed by atoms with Gasteiger partial charge in [0, 0.05) is 24.2 Å². The molecule has 0 spiro atoms. The lowest BCUT2D eigenvalue weighted by molar-refractivity contribution is -0.117. The fourth-order valence-electron chi connectivity index (χ4n) is 3.05. The average Bonchev–Trinajstić information content (AvgIpc) is 2.87. The van der Waals surface area contributed by atoms with Crippen LogP contribution in [0.5, 0.6) is 0 Å². The van der Waals surface area contributed by atoms with Crippen molar-refractivity contribution in [1.29, 1.82) is 0 Å². The molecule has 2 aromatic carbocycles. The molecule has 1 N–H and O–H groups in total. The highest BCUT2D eigenvalue weighted by atomic mass is 19.1. The van der Waals surface area contributed by atoms with Crippen LogP contribution in [0, 0.1) is 19.7 Å². The Morgan fingerprint density at radius 1 is 1.12 bits per heavy atom. The van der Waals surface area contributed by atoms with E-state index in [4.69, 9.17) is 0 Å². The molecule has 4 nitrogen and oxygen atoms in total. The van der Waals surface area contributed by atoms with E-state index in [0.29, 0.717) is 17.8 Å². The summed E-state index contributed by atoms with van der Waals surface area (Å²) in [6.45, 7) is 4.28. The molecule has 0 bridgehead atoms. The van der Waals surface area contributed by atoms with E-state index in [9.17, 15) is 14.0 Å². The number of nitrogens with zero attached hydrogens (tertiary/aromatic N) is 1. The zero-order valence-corrected chi connectivity index (χ0v) is 13.7. The van der Waals surface area contributed by atoms with Gasteiger partial charge in [-0.15, -0.1) is 0 Å². The van der Waals surface area contributed by atoms with Gasteiger partial charge in [-0.1, -0.05) is 17.2 Å². The number of benzene rings is 2. The minimum Gasteiger partial charge on any atom is -0.347 e. The van der Waals surface area contributed by atoms with Crippen molar-refractivity contribution in [3.63, 3.8) is 0 Å². The minimum absolute atomic E-state index is 0.0765. The molecule has 0 radical (unpaired) electrons. The van der Waals surface area contributed by atoms with Gasteiger partial charge in [-0.3, -0.25) is 9.59 Å². The van der Waals surface area contributed by atoms with Gasteiger partial charge in [0.1, 0.15) is 5.82 Å². The van der Waals surface area contributed by atoms with Gasteiger partial charge in [0.15, 0.2) is 0 Å². The van der Waals surface area contributed by atoms with Crippen LogP contribution < -0.4 is 10.2 Å². The number of nitrogens with one attached hydrogen (secondary N) is 1. The summed E-state index contributed by atoms with van der Waals surface area (Å²) in [7, 11) is 0. The second kappa shape index (κ2) is 6.43. The first-order chi connectivity index (χ1) is 11.4. The highest BCUT2D eigenvalue weighted by Crippen LogP contribution is 2.22. The molecule has 0 unspecified atom stereocenters. The van der Waals surface area contributed by atoms with E-state index >= 15 is 0 Å². The van der Waals surface area contributed by atoms with Gasteiger partial charge in [-0.25, -0.2) is 4.39 Å². The largest absolute Gasteiger partial charge is 0.347 e. The number of carbonyl (C=O) groups is 2. The highest BCUT2D eigenvalue weighted by molar-refractivity contribution is 5.99. The number of aryl methyl sites for hydroxylation is 2. The molecule has 1 saturated heterocycles. The smallest absolute Gasteiger partial charge is 0.251 e. The first-order valence-corrected chi connectivity index (χ1v) is 7.87. The molecule has 2 aromatic rings. The molecule has 0 aliphatic carbocycles. The molecular formula is C19H19FN2O2. The van der Waals surface area contributed by atoms with Crippen molar-refractivity contribution in [3.8, 4) is 0 Å². The summed E-state index contributed by atoms with van der Waals surface area (Å²) < 4.78 is 13.0. The maximum atomic E-state index is 13.0. The fourth-order valence-corrected chi connectivity index (χ4v) is 3.05. The van der Waals surface area contributed by atoms with E-state index in [1.165, 1.54) is 12.1 Å². The Morgan fingerprint density at radius 2 is 1.75 bits per heavy atom. The number of halogens is 1. The van der Waals surface area contributed by atoms with Crippen molar-refractivity contribution in [3.05, 3.63) is 65.0 Å². The van der Waals surface area contributed by atoms with Crippen molar-refractivity contribution in [1.82, 2.24) is 5.32 Å². The highest BCUT2D eigenvalue weighted by Gasteiger charge is 2.31. The maximum Gasteiger partial charge on any atom is 0.251 e. The molecule has 1 aliphatic rings. The molecule has 1 aliphatic heterocycles. The molecule has 0 aromatic heterocycles. The molecule has 24 heavy (non-hydrogen) atoms. The molecule has 0 saturated carbocycles. The third-order valence-corrected chi connectivity index (χ3v) is 4.08. The van der Waals surface area contributed by atoms with E-state index in [2.05, 4.69) is 5.32 Å². The van der Waals surface area contributed by atoms with Crippen LogP contribution in [0.1, 0.15) is 27.9 Å². The normalized spacial score (nSPS) is 17.2. The molecule has 1 atom stereocenters. The Kier molecular flexibility index (Phi) is 4.34. The Balaban J connectivity index is 1.69. The van der Waals surface area contributed by atoms with E-state index in [0.717, 1.165) is 11.1 Å². The van der Waals surface area contributed by atoms with Gasteiger partial charge in [0.25, 0.3) is 5.91 Å². The van der Waals surface area contributed by atoms with Crippen molar-refractivity contribution in [2.45, 2.75) is 26.3 Å². The molecule has 2 amide bonds. The van der Waals surface area contributed by atoms with E-state index in [1.54, 1.807) is 17.0 Å². The lowest BCUT2D eigenvalue weighted by Crippen LogP contribution is -2.37. The monoisotopic (exact) mass is 326 g/mol. The van der Waals surface area contributed by atoms with Crippen LogP contribution in [-0.4, -0.2) is 24.4 Å².